The van der Waals surface area contributed by atoms with E-state index >= 15 is 0 Å². The third-order valence-corrected chi connectivity index (χ3v) is 3.77. The molecule has 0 bridgehead atoms. The minimum atomic E-state index is 0.524. The van der Waals surface area contributed by atoms with Gasteiger partial charge in [0.05, 0.1) is 0 Å². The van der Waals surface area contributed by atoms with Crippen molar-refractivity contribution in [3.63, 3.8) is 0 Å². The molecule has 0 atom stereocenters. The highest BCUT2D eigenvalue weighted by Gasteiger charge is 2.04. The van der Waals surface area contributed by atoms with Gasteiger partial charge in [-0.15, -0.1) is 0 Å². The van der Waals surface area contributed by atoms with E-state index in [1.54, 1.807) is 11.9 Å². The Morgan fingerprint density at radius 3 is 1.78 bits per heavy atom. The van der Waals surface area contributed by atoms with Crippen molar-refractivity contribution in [2.24, 2.45) is 5.92 Å². The fourth-order valence-electron chi connectivity index (χ4n) is 2.44. The summed E-state index contributed by atoms with van der Waals surface area (Å²) in [6, 6.07) is 6.56. The monoisotopic (exact) mass is 331 g/mol. The zero-order valence-corrected chi connectivity index (χ0v) is 16.9. The summed E-state index contributed by atoms with van der Waals surface area (Å²) in [7, 11) is 0. The number of hydrogen-bond acceptors (Lipinski definition) is 2. The van der Waals surface area contributed by atoms with Crippen LogP contribution in [0.4, 0.5) is 0 Å². The minimum Gasteiger partial charge on any atom is -0.333 e. The lowest BCUT2D eigenvalue weighted by Gasteiger charge is -2.14. The Hall–Kier alpha value is -1.41. The molecule has 0 aromatic heterocycles. The maximum absolute atomic E-state index is 3.75. The molecule has 1 aromatic carbocycles. The van der Waals surface area contributed by atoms with Gasteiger partial charge in [0.15, 0.2) is 0 Å². The fraction of sp³-hybridized carbons (Fsp3) is 0.429. The van der Waals surface area contributed by atoms with Crippen LogP contribution in [0.1, 0.15) is 44.4 Å². The van der Waals surface area contributed by atoms with E-state index in [2.05, 4.69) is 84.0 Å². The second-order valence-electron chi connectivity index (χ2n) is 6.32. The standard InChI is InChI=1S/C12H21NS.C9H12/c1-7-10(4)8-11(5)12(9(2)3)13-14-6;1-7-4-8(2)6-9(3)5-7/h7-9,13H,1H2,2-6H3;4-6H,1-3H3/b10-8-,12-11+;. The van der Waals surface area contributed by atoms with E-state index in [-0.39, 0.29) is 0 Å². The third kappa shape index (κ3) is 9.35. The lowest BCUT2D eigenvalue weighted by Crippen LogP contribution is -2.11. The molecule has 0 amide bonds. The summed E-state index contributed by atoms with van der Waals surface area (Å²) in [5.74, 6) is 0.524. The first-order valence-corrected chi connectivity index (χ1v) is 9.29. The van der Waals surface area contributed by atoms with Crippen LogP contribution in [0.2, 0.25) is 0 Å². The van der Waals surface area contributed by atoms with Crippen LogP contribution >= 0.6 is 11.9 Å². The molecule has 1 N–H and O–H groups in total. The van der Waals surface area contributed by atoms with E-state index in [0.29, 0.717) is 5.92 Å². The van der Waals surface area contributed by atoms with Crippen LogP contribution in [0, 0.1) is 26.7 Å². The van der Waals surface area contributed by atoms with Crippen molar-refractivity contribution in [3.05, 3.63) is 70.5 Å². The van der Waals surface area contributed by atoms with Crippen LogP contribution in [0.25, 0.3) is 0 Å². The molecule has 0 saturated carbocycles. The Morgan fingerprint density at radius 1 is 1.04 bits per heavy atom. The lowest BCUT2D eigenvalue weighted by atomic mass is 10.0. The maximum Gasteiger partial charge on any atom is 0.0265 e. The van der Waals surface area contributed by atoms with Crippen LogP contribution in [0.5, 0.6) is 0 Å². The summed E-state index contributed by atoms with van der Waals surface area (Å²) < 4.78 is 3.33. The molecule has 0 aliphatic carbocycles. The molecular weight excluding hydrogens is 298 g/mol. The fourth-order valence-corrected chi connectivity index (χ4v) is 3.06. The number of allylic oxidation sites excluding steroid dienone is 5. The molecule has 0 aliphatic heterocycles. The molecule has 1 nitrogen and oxygen atoms in total. The number of nitrogens with one attached hydrogen (secondary N) is 1. The Balaban J connectivity index is 0.000000459. The van der Waals surface area contributed by atoms with Crippen LogP contribution in [-0.4, -0.2) is 6.26 Å². The number of hydrogen-bond donors (Lipinski definition) is 1. The van der Waals surface area contributed by atoms with Crippen LogP contribution in [0.15, 0.2) is 53.8 Å². The van der Waals surface area contributed by atoms with Gasteiger partial charge >= 0.3 is 0 Å². The largest absolute Gasteiger partial charge is 0.333 e. The van der Waals surface area contributed by atoms with Crippen molar-refractivity contribution < 1.29 is 0 Å². The summed E-state index contributed by atoms with van der Waals surface area (Å²) in [6.07, 6.45) is 6.08. The van der Waals surface area contributed by atoms with Crippen molar-refractivity contribution >= 4 is 11.9 Å². The summed E-state index contributed by atoms with van der Waals surface area (Å²) in [4.78, 5) is 0. The third-order valence-electron chi connectivity index (χ3n) is 3.35. The first-order valence-electron chi connectivity index (χ1n) is 8.06. The normalized spacial score (nSPS) is 12.3. The van der Waals surface area contributed by atoms with Crippen molar-refractivity contribution in [2.75, 3.05) is 6.26 Å². The van der Waals surface area contributed by atoms with Gasteiger partial charge in [-0.3, -0.25) is 0 Å². The van der Waals surface area contributed by atoms with Crippen molar-refractivity contribution in [1.82, 2.24) is 4.72 Å². The van der Waals surface area contributed by atoms with E-state index in [4.69, 9.17) is 0 Å². The lowest BCUT2D eigenvalue weighted by molar-refractivity contribution is 0.730. The summed E-state index contributed by atoms with van der Waals surface area (Å²) in [5.41, 5.74) is 7.83. The number of rotatable bonds is 5. The van der Waals surface area contributed by atoms with Crippen LogP contribution in [-0.2, 0) is 0 Å². The van der Waals surface area contributed by atoms with Gasteiger partial charge in [-0.2, -0.15) is 0 Å². The first kappa shape index (κ1) is 21.6. The predicted molar refractivity (Wildman–Crippen MR) is 109 cm³/mol. The number of aryl methyl sites for hydroxylation is 3. The molecule has 0 saturated heterocycles. The Labute approximate surface area is 148 Å². The molecule has 0 heterocycles. The first-order chi connectivity index (χ1) is 10.7. The van der Waals surface area contributed by atoms with Gasteiger partial charge in [0.2, 0.25) is 0 Å². The highest BCUT2D eigenvalue weighted by atomic mass is 32.2. The zero-order valence-electron chi connectivity index (χ0n) is 16.1. The molecule has 2 heteroatoms. The van der Waals surface area contributed by atoms with Gasteiger partial charge < -0.3 is 4.72 Å². The molecule has 0 aliphatic rings. The Kier molecular flexibility index (Phi) is 10.5. The molecule has 128 valence electrons. The molecule has 0 radical (unpaired) electrons. The van der Waals surface area contributed by atoms with Gasteiger partial charge in [0.25, 0.3) is 0 Å². The van der Waals surface area contributed by atoms with Gasteiger partial charge in [-0.25, -0.2) is 0 Å². The van der Waals surface area contributed by atoms with Gasteiger partial charge in [-0.05, 0) is 46.1 Å². The minimum absolute atomic E-state index is 0.524. The molecule has 1 aromatic rings. The average molecular weight is 332 g/mol. The molecular formula is C21H33NS. The average Bonchev–Trinajstić information content (AvgIpc) is 2.43. The van der Waals surface area contributed by atoms with Gasteiger partial charge in [0, 0.05) is 12.0 Å². The van der Waals surface area contributed by atoms with E-state index in [1.807, 2.05) is 12.3 Å². The Bertz CT molecular complexity index is 515. The zero-order chi connectivity index (χ0) is 18.0. The van der Waals surface area contributed by atoms with Crippen molar-refractivity contribution in [1.29, 1.82) is 0 Å². The van der Waals surface area contributed by atoms with Crippen LogP contribution < -0.4 is 4.72 Å². The summed E-state index contributed by atoms with van der Waals surface area (Å²) in [5, 5.41) is 0. The predicted octanol–water partition coefficient (Wildman–Crippen LogP) is 6.53. The summed E-state index contributed by atoms with van der Waals surface area (Å²) >= 11 is 1.64. The Morgan fingerprint density at radius 2 is 1.48 bits per heavy atom. The SMILES string of the molecule is C=C/C(C)=C\C(C)=C(\NSC)C(C)C.Cc1cc(C)cc(C)c1. The number of benzene rings is 1. The van der Waals surface area contributed by atoms with Crippen molar-refractivity contribution in [3.8, 4) is 0 Å². The summed E-state index contributed by atoms with van der Waals surface area (Å²) in [6.45, 7) is 18.7. The van der Waals surface area contributed by atoms with E-state index < -0.39 is 0 Å². The smallest absolute Gasteiger partial charge is 0.0265 e. The van der Waals surface area contributed by atoms with Gasteiger partial charge in [-0.1, -0.05) is 85.0 Å². The maximum atomic E-state index is 3.75. The van der Waals surface area contributed by atoms with E-state index in [1.165, 1.54) is 33.5 Å². The topological polar surface area (TPSA) is 12.0 Å². The second-order valence-corrected chi connectivity index (χ2v) is 6.93. The molecule has 0 fully saturated rings. The van der Waals surface area contributed by atoms with Crippen LogP contribution in [0.3, 0.4) is 0 Å². The molecule has 0 spiro atoms. The highest BCUT2D eigenvalue weighted by molar-refractivity contribution is 7.96. The highest BCUT2D eigenvalue weighted by Crippen LogP contribution is 2.16. The second kappa shape index (κ2) is 11.2. The van der Waals surface area contributed by atoms with E-state index in [0.717, 1.165) is 0 Å². The van der Waals surface area contributed by atoms with Gasteiger partial charge in [0.1, 0.15) is 0 Å². The molecule has 0 unspecified atom stereocenters. The van der Waals surface area contributed by atoms with Crippen molar-refractivity contribution in [2.45, 2.75) is 48.5 Å². The molecule has 23 heavy (non-hydrogen) atoms. The van der Waals surface area contributed by atoms with E-state index in [9.17, 15) is 0 Å². The molecule has 1 rings (SSSR count). The quantitative estimate of drug-likeness (QED) is 0.486.